The minimum absolute atomic E-state index is 0.0834. The van der Waals surface area contributed by atoms with Crippen LogP contribution in [-0.2, 0) is 10.2 Å². The molecule has 0 atom stereocenters. The summed E-state index contributed by atoms with van der Waals surface area (Å²) in [5.41, 5.74) is 0. The third-order valence-corrected chi connectivity index (χ3v) is 2.87. The Hall–Kier alpha value is -0.680. The highest BCUT2D eigenvalue weighted by Gasteiger charge is 2.21. The molecule has 0 unspecified atom stereocenters. The summed E-state index contributed by atoms with van der Waals surface area (Å²) in [6.45, 7) is 1.88. The van der Waals surface area contributed by atoms with Crippen LogP contribution in [0.2, 0.25) is 0 Å². The molecule has 1 saturated heterocycles. The number of nitrogens with zero attached hydrogens (tertiary/aromatic N) is 2. The first-order valence-electron chi connectivity index (χ1n) is 4.40. The Labute approximate surface area is 83.9 Å². The van der Waals surface area contributed by atoms with Gasteiger partial charge in [-0.05, 0) is 12.8 Å². The summed E-state index contributed by atoms with van der Waals surface area (Å²) in [7, 11) is -3.59. The molecule has 0 aliphatic carbocycles. The van der Waals surface area contributed by atoms with Gasteiger partial charge in [0.2, 0.25) is 0 Å². The summed E-state index contributed by atoms with van der Waals surface area (Å²) in [4.78, 5) is 1.99. The van der Waals surface area contributed by atoms with Crippen LogP contribution in [0.15, 0.2) is 0 Å². The van der Waals surface area contributed by atoms with E-state index in [-0.39, 0.29) is 6.04 Å². The maximum absolute atomic E-state index is 10.7. The molecule has 0 bridgehead atoms. The summed E-state index contributed by atoms with van der Waals surface area (Å²) in [5, 5.41) is 13.3. The normalized spacial score (nSPS) is 20.6. The van der Waals surface area contributed by atoms with Gasteiger partial charge in [0.25, 0.3) is 10.2 Å². The van der Waals surface area contributed by atoms with Gasteiger partial charge in [0.05, 0.1) is 12.6 Å². The van der Waals surface area contributed by atoms with E-state index in [0.29, 0.717) is 19.4 Å². The zero-order valence-corrected chi connectivity index (χ0v) is 8.63. The minimum Gasteiger partial charge on any atom is -0.290 e. The number of rotatable bonds is 3. The second-order valence-electron chi connectivity index (χ2n) is 3.37. The molecule has 1 fully saturated rings. The molecular formula is C7H14N4O2S. The SMILES string of the molecule is N#CCN1CCC(NS(N)(=O)=O)CC1. The van der Waals surface area contributed by atoms with Gasteiger partial charge < -0.3 is 0 Å². The van der Waals surface area contributed by atoms with Gasteiger partial charge in [-0.1, -0.05) is 0 Å². The molecule has 0 aromatic rings. The molecule has 0 aromatic heterocycles. The van der Waals surface area contributed by atoms with E-state index in [9.17, 15) is 8.42 Å². The van der Waals surface area contributed by atoms with Crippen molar-refractivity contribution in [3.8, 4) is 6.07 Å². The lowest BCUT2D eigenvalue weighted by Crippen LogP contribution is -2.46. The first kappa shape index (κ1) is 11.4. The fourth-order valence-corrected chi connectivity index (χ4v) is 2.24. The Kier molecular flexibility index (Phi) is 3.83. The lowest BCUT2D eigenvalue weighted by Gasteiger charge is -2.29. The zero-order chi connectivity index (χ0) is 10.6. The molecule has 1 aliphatic rings. The molecule has 14 heavy (non-hydrogen) atoms. The standard InChI is InChI=1S/C7H14N4O2S/c8-3-6-11-4-1-7(2-5-11)10-14(9,12)13/h7,10H,1-2,4-6H2,(H2,9,12,13). The van der Waals surface area contributed by atoms with Crippen LogP contribution in [-0.4, -0.2) is 39.0 Å². The summed E-state index contributed by atoms with van der Waals surface area (Å²) in [5.74, 6) is 0. The second kappa shape index (κ2) is 4.70. The molecule has 1 aliphatic heterocycles. The van der Waals surface area contributed by atoms with Crippen molar-refractivity contribution in [2.75, 3.05) is 19.6 Å². The molecule has 0 aromatic carbocycles. The number of hydrogen-bond donors (Lipinski definition) is 2. The van der Waals surface area contributed by atoms with Crippen LogP contribution >= 0.6 is 0 Å². The van der Waals surface area contributed by atoms with Crippen LogP contribution in [0.1, 0.15) is 12.8 Å². The number of nitrogens with one attached hydrogen (secondary N) is 1. The topological polar surface area (TPSA) is 99.2 Å². The number of piperidine rings is 1. The van der Waals surface area contributed by atoms with Crippen molar-refractivity contribution in [2.24, 2.45) is 5.14 Å². The molecule has 0 spiro atoms. The van der Waals surface area contributed by atoms with Crippen molar-refractivity contribution in [1.29, 1.82) is 5.26 Å². The van der Waals surface area contributed by atoms with Crippen LogP contribution < -0.4 is 9.86 Å². The van der Waals surface area contributed by atoms with E-state index in [1.54, 1.807) is 0 Å². The van der Waals surface area contributed by atoms with Gasteiger partial charge in [-0.25, -0.2) is 5.14 Å². The van der Waals surface area contributed by atoms with Crippen LogP contribution in [0.4, 0.5) is 0 Å². The van der Waals surface area contributed by atoms with Crippen LogP contribution in [0.25, 0.3) is 0 Å². The van der Waals surface area contributed by atoms with Crippen LogP contribution in [0.5, 0.6) is 0 Å². The summed E-state index contributed by atoms with van der Waals surface area (Å²) >= 11 is 0. The lowest BCUT2D eigenvalue weighted by atomic mass is 10.1. The van der Waals surface area contributed by atoms with Crippen molar-refractivity contribution in [2.45, 2.75) is 18.9 Å². The number of hydrogen-bond acceptors (Lipinski definition) is 4. The highest BCUT2D eigenvalue weighted by atomic mass is 32.2. The Bertz CT molecular complexity index is 313. The maximum Gasteiger partial charge on any atom is 0.274 e. The van der Waals surface area contributed by atoms with E-state index in [2.05, 4.69) is 10.8 Å². The molecule has 80 valence electrons. The summed E-state index contributed by atoms with van der Waals surface area (Å²) in [6.07, 6.45) is 1.41. The molecule has 3 N–H and O–H groups in total. The van der Waals surface area contributed by atoms with Crippen LogP contribution in [0, 0.1) is 11.3 Å². The minimum atomic E-state index is -3.59. The smallest absolute Gasteiger partial charge is 0.274 e. The van der Waals surface area contributed by atoms with Crippen molar-refractivity contribution in [1.82, 2.24) is 9.62 Å². The molecule has 0 amide bonds. The van der Waals surface area contributed by atoms with Crippen molar-refractivity contribution in [3.63, 3.8) is 0 Å². The van der Waals surface area contributed by atoms with Crippen molar-refractivity contribution in [3.05, 3.63) is 0 Å². The molecule has 6 nitrogen and oxygen atoms in total. The fraction of sp³-hybridized carbons (Fsp3) is 0.857. The second-order valence-corrected chi connectivity index (χ2v) is 4.70. The van der Waals surface area contributed by atoms with E-state index < -0.39 is 10.2 Å². The van der Waals surface area contributed by atoms with Gasteiger partial charge in [0, 0.05) is 19.1 Å². The predicted molar refractivity (Wildman–Crippen MR) is 51.3 cm³/mol. The molecule has 1 heterocycles. The molecular weight excluding hydrogens is 204 g/mol. The first-order valence-corrected chi connectivity index (χ1v) is 5.95. The quantitative estimate of drug-likeness (QED) is 0.579. The largest absolute Gasteiger partial charge is 0.290 e. The molecule has 0 saturated carbocycles. The van der Waals surface area contributed by atoms with Gasteiger partial charge in [-0.3, -0.25) is 4.90 Å². The van der Waals surface area contributed by atoms with Crippen molar-refractivity contribution >= 4 is 10.2 Å². The number of likely N-dealkylation sites (tertiary alicyclic amines) is 1. The highest BCUT2D eigenvalue weighted by Crippen LogP contribution is 2.09. The fourth-order valence-electron chi connectivity index (χ4n) is 1.54. The van der Waals surface area contributed by atoms with E-state index in [1.807, 2.05) is 4.90 Å². The average molecular weight is 218 g/mol. The average Bonchev–Trinajstić information content (AvgIpc) is 2.06. The van der Waals surface area contributed by atoms with Gasteiger partial charge in [-0.15, -0.1) is 0 Å². The van der Waals surface area contributed by atoms with Crippen LogP contribution in [0.3, 0.4) is 0 Å². The maximum atomic E-state index is 10.7. The Morgan fingerprint density at radius 3 is 2.50 bits per heavy atom. The van der Waals surface area contributed by atoms with Gasteiger partial charge in [-0.2, -0.15) is 18.4 Å². The highest BCUT2D eigenvalue weighted by molar-refractivity contribution is 7.87. The van der Waals surface area contributed by atoms with Gasteiger partial charge in [0.15, 0.2) is 0 Å². The molecule has 7 heteroatoms. The zero-order valence-electron chi connectivity index (χ0n) is 7.81. The van der Waals surface area contributed by atoms with Gasteiger partial charge in [0.1, 0.15) is 0 Å². The number of nitriles is 1. The van der Waals surface area contributed by atoms with E-state index in [0.717, 1.165) is 13.1 Å². The van der Waals surface area contributed by atoms with Gasteiger partial charge >= 0.3 is 0 Å². The molecule has 1 rings (SSSR count). The Morgan fingerprint density at radius 2 is 2.07 bits per heavy atom. The summed E-state index contributed by atoms with van der Waals surface area (Å²) < 4.78 is 23.8. The first-order chi connectivity index (χ1) is 6.51. The Morgan fingerprint density at radius 1 is 1.50 bits per heavy atom. The lowest BCUT2D eigenvalue weighted by molar-refractivity contribution is 0.229. The molecule has 0 radical (unpaired) electrons. The van der Waals surface area contributed by atoms with E-state index >= 15 is 0 Å². The van der Waals surface area contributed by atoms with E-state index in [4.69, 9.17) is 10.4 Å². The monoisotopic (exact) mass is 218 g/mol. The predicted octanol–water partition coefficient (Wildman–Crippen LogP) is -1.23. The third kappa shape index (κ3) is 4.02. The Balaban J connectivity index is 2.33. The summed E-state index contributed by atoms with van der Waals surface area (Å²) in [6, 6.07) is 1.98. The van der Waals surface area contributed by atoms with Crippen molar-refractivity contribution < 1.29 is 8.42 Å². The number of nitrogens with two attached hydrogens (primary N) is 1. The van der Waals surface area contributed by atoms with E-state index in [1.165, 1.54) is 0 Å². The third-order valence-electron chi connectivity index (χ3n) is 2.21.